The molecular weight excluding hydrogens is 216 g/mol. The number of amides is 1. The van der Waals surface area contributed by atoms with Crippen LogP contribution in [0.1, 0.15) is 32.6 Å². The molecule has 0 radical (unpaired) electrons. The molecule has 0 bridgehead atoms. The van der Waals surface area contributed by atoms with E-state index >= 15 is 0 Å². The molecule has 1 N–H and O–H groups in total. The van der Waals surface area contributed by atoms with Crippen molar-refractivity contribution in [2.75, 3.05) is 33.3 Å². The van der Waals surface area contributed by atoms with Crippen LogP contribution in [0.15, 0.2) is 0 Å². The molecule has 0 spiro atoms. The smallest absolute Gasteiger partial charge is 0.226 e. The van der Waals surface area contributed by atoms with Gasteiger partial charge in [-0.1, -0.05) is 6.92 Å². The molecule has 2 heterocycles. The molecule has 2 aliphatic heterocycles. The van der Waals surface area contributed by atoms with E-state index in [0.29, 0.717) is 6.54 Å². The van der Waals surface area contributed by atoms with E-state index in [1.807, 2.05) is 0 Å². The predicted octanol–water partition coefficient (Wildman–Crippen LogP) is 1.01. The SMILES string of the molecule is CN1CCC(C)(C(=O)NCC2CCCO2)CC1. The van der Waals surface area contributed by atoms with Gasteiger partial charge in [-0.3, -0.25) is 4.79 Å². The minimum absolute atomic E-state index is 0.175. The Morgan fingerprint density at radius 3 is 2.76 bits per heavy atom. The van der Waals surface area contributed by atoms with Crippen molar-refractivity contribution in [2.24, 2.45) is 5.41 Å². The lowest BCUT2D eigenvalue weighted by Gasteiger charge is -2.36. The van der Waals surface area contributed by atoms with E-state index in [2.05, 4.69) is 24.2 Å². The Labute approximate surface area is 104 Å². The Balaban J connectivity index is 1.78. The van der Waals surface area contributed by atoms with E-state index in [-0.39, 0.29) is 17.4 Å². The number of likely N-dealkylation sites (tertiary alicyclic amines) is 1. The topological polar surface area (TPSA) is 41.6 Å². The summed E-state index contributed by atoms with van der Waals surface area (Å²) in [5.74, 6) is 0.209. The van der Waals surface area contributed by atoms with Crippen LogP contribution >= 0.6 is 0 Å². The highest BCUT2D eigenvalue weighted by Gasteiger charge is 2.36. The number of hydrogen-bond acceptors (Lipinski definition) is 3. The molecule has 1 unspecified atom stereocenters. The fraction of sp³-hybridized carbons (Fsp3) is 0.923. The lowest BCUT2D eigenvalue weighted by molar-refractivity contribution is -0.133. The molecule has 98 valence electrons. The molecule has 2 rings (SSSR count). The first-order valence-electron chi connectivity index (χ1n) is 6.69. The van der Waals surface area contributed by atoms with Crippen molar-refractivity contribution >= 4 is 5.91 Å². The lowest BCUT2D eigenvalue weighted by atomic mass is 9.79. The summed E-state index contributed by atoms with van der Waals surface area (Å²) in [7, 11) is 2.11. The number of piperidine rings is 1. The molecule has 2 fully saturated rings. The van der Waals surface area contributed by atoms with Crippen LogP contribution in [0.5, 0.6) is 0 Å². The molecule has 0 aromatic rings. The number of carbonyl (C=O) groups is 1. The Morgan fingerprint density at radius 2 is 2.18 bits per heavy atom. The van der Waals surface area contributed by atoms with Crippen molar-refractivity contribution in [3.8, 4) is 0 Å². The summed E-state index contributed by atoms with van der Waals surface area (Å²) in [5.41, 5.74) is -0.175. The van der Waals surface area contributed by atoms with Gasteiger partial charge in [0.2, 0.25) is 5.91 Å². The van der Waals surface area contributed by atoms with Crippen molar-refractivity contribution < 1.29 is 9.53 Å². The Morgan fingerprint density at radius 1 is 1.47 bits per heavy atom. The van der Waals surface area contributed by atoms with Crippen LogP contribution in [0, 0.1) is 5.41 Å². The van der Waals surface area contributed by atoms with Crippen LogP contribution in [0.2, 0.25) is 0 Å². The third kappa shape index (κ3) is 3.19. The number of ether oxygens (including phenoxy) is 1. The van der Waals surface area contributed by atoms with Crippen molar-refractivity contribution in [1.82, 2.24) is 10.2 Å². The predicted molar refractivity (Wildman–Crippen MR) is 66.8 cm³/mol. The van der Waals surface area contributed by atoms with Crippen molar-refractivity contribution in [1.29, 1.82) is 0 Å². The normalized spacial score (nSPS) is 29.2. The van der Waals surface area contributed by atoms with Crippen molar-refractivity contribution in [3.63, 3.8) is 0 Å². The molecule has 1 amide bonds. The van der Waals surface area contributed by atoms with Gasteiger partial charge in [-0.15, -0.1) is 0 Å². The quantitative estimate of drug-likeness (QED) is 0.800. The first-order chi connectivity index (χ1) is 8.10. The van der Waals surface area contributed by atoms with Crippen LogP contribution in [0.25, 0.3) is 0 Å². The highest BCUT2D eigenvalue weighted by molar-refractivity contribution is 5.82. The molecule has 0 saturated carbocycles. The summed E-state index contributed by atoms with van der Waals surface area (Å²) >= 11 is 0. The van der Waals surface area contributed by atoms with Crippen LogP contribution in [0.4, 0.5) is 0 Å². The fourth-order valence-electron chi connectivity index (χ4n) is 2.56. The monoisotopic (exact) mass is 240 g/mol. The molecule has 2 aliphatic rings. The average molecular weight is 240 g/mol. The Bertz CT molecular complexity index is 267. The number of hydrogen-bond donors (Lipinski definition) is 1. The maximum absolute atomic E-state index is 12.2. The number of carbonyl (C=O) groups excluding carboxylic acids is 1. The molecule has 2 saturated heterocycles. The van der Waals surface area contributed by atoms with Gasteiger partial charge < -0.3 is 15.0 Å². The fourth-order valence-corrected chi connectivity index (χ4v) is 2.56. The summed E-state index contributed by atoms with van der Waals surface area (Å²) in [4.78, 5) is 14.5. The van der Waals surface area contributed by atoms with Gasteiger partial charge in [-0.2, -0.15) is 0 Å². The van der Waals surface area contributed by atoms with E-state index in [4.69, 9.17) is 4.74 Å². The highest BCUT2D eigenvalue weighted by atomic mass is 16.5. The molecule has 17 heavy (non-hydrogen) atoms. The van der Waals surface area contributed by atoms with Gasteiger partial charge in [-0.05, 0) is 45.8 Å². The van der Waals surface area contributed by atoms with E-state index < -0.39 is 0 Å². The van der Waals surface area contributed by atoms with Gasteiger partial charge in [0, 0.05) is 18.6 Å². The molecule has 1 atom stereocenters. The van der Waals surface area contributed by atoms with Gasteiger partial charge in [0.05, 0.1) is 6.10 Å². The molecule has 0 aromatic carbocycles. The summed E-state index contributed by atoms with van der Waals surface area (Å²) < 4.78 is 5.52. The Kier molecular flexibility index (Phi) is 4.05. The van der Waals surface area contributed by atoms with Crippen LogP contribution < -0.4 is 5.32 Å². The zero-order chi connectivity index (χ0) is 12.3. The van der Waals surface area contributed by atoms with E-state index in [1.165, 1.54) is 0 Å². The molecule has 4 heteroatoms. The highest BCUT2D eigenvalue weighted by Crippen LogP contribution is 2.30. The third-order valence-corrected chi connectivity index (χ3v) is 4.15. The van der Waals surface area contributed by atoms with Gasteiger partial charge in [0.25, 0.3) is 0 Å². The maximum Gasteiger partial charge on any atom is 0.226 e. The van der Waals surface area contributed by atoms with E-state index in [0.717, 1.165) is 45.4 Å². The van der Waals surface area contributed by atoms with Gasteiger partial charge in [0.15, 0.2) is 0 Å². The first kappa shape index (κ1) is 12.8. The standard InChI is InChI=1S/C13H24N2O2/c1-13(5-7-15(2)8-6-13)12(16)14-10-11-4-3-9-17-11/h11H,3-10H2,1-2H3,(H,14,16). The summed E-state index contributed by atoms with van der Waals surface area (Å²) in [6.45, 7) is 5.66. The van der Waals surface area contributed by atoms with Gasteiger partial charge in [-0.25, -0.2) is 0 Å². The summed E-state index contributed by atoms with van der Waals surface area (Å²) in [5, 5.41) is 3.07. The number of rotatable bonds is 3. The average Bonchev–Trinajstić information content (AvgIpc) is 2.83. The van der Waals surface area contributed by atoms with E-state index in [1.54, 1.807) is 0 Å². The third-order valence-electron chi connectivity index (χ3n) is 4.15. The Hall–Kier alpha value is -0.610. The van der Waals surface area contributed by atoms with Crippen molar-refractivity contribution in [2.45, 2.75) is 38.7 Å². The van der Waals surface area contributed by atoms with Gasteiger partial charge in [0.1, 0.15) is 0 Å². The minimum atomic E-state index is -0.175. The van der Waals surface area contributed by atoms with Crippen LogP contribution in [0.3, 0.4) is 0 Å². The van der Waals surface area contributed by atoms with Crippen LogP contribution in [-0.4, -0.2) is 50.2 Å². The maximum atomic E-state index is 12.2. The molecule has 4 nitrogen and oxygen atoms in total. The summed E-state index contributed by atoms with van der Waals surface area (Å²) in [6, 6.07) is 0. The second kappa shape index (κ2) is 5.36. The zero-order valence-corrected chi connectivity index (χ0v) is 11.0. The van der Waals surface area contributed by atoms with Crippen molar-refractivity contribution in [3.05, 3.63) is 0 Å². The first-order valence-corrected chi connectivity index (χ1v) is 6.69. The summed E-state index contributed by atoms with van der Waals surface area (Å²) in [6.07, 6.45) is 4.37. The zero-order valence-electron chi connectivity index (χ0n) is 11.0. The molecular formula is C13H24N2O2. The number of nitrogens with zero attached hydrogens (tertiary/aromatic N) is 1. The van der Waals surface area contributed by atoms with Crippen LogP contribution in [-0.2, 0) is 9.53 Å². The van der Waals surface area contributed by atoms with E-state index in [9.17, 15) is 4.79 Å². The lowest BCUT2D eigenvalue weighted by Crippen LogP contribution is -2.47. The second-order valence-corrected chi connectivity index (χ2v) is 5.71. The van der Waals surface area contributed by atoms with Gasteiger partial charge >= 0.3 is 0 Å². The number of nitrogens with one attached hydrogen (secondary N) is 1. The largest absolute Gasteiger partial charge is 0.376 e. The second-order valence-electron chi connectivity index (χ2n) is 5.71. The minimum Gasteiger partial charge on any atom is -0.376 e. The molecule has 0 aromatic heterocycles. The molecule has 0 aliphatic carbocycles.